The SMILES string of the molecule is Cc1ccc(S(=O)(=O)n2cc(C)c3c(-c4nc5c(c(N6CCN(C(=O)OC(C)(C)C)CC6C)n4)CN(c4cc(C(C)C)ccc4C)CC5)cccc32)cc1. The van der Waals surface area contributed by atoms with Crippen molar-refractivity contribution in [2.75, 3.05) is 36.0 Å². The fourth-order valence-corrected chi connectivity index (χ4v) is 9.12. The van der Waals surface area contributed by atoms with Crippen molar-refractivity contribution in [3.63, 3.8) is 0 Å². The van der Waals surface area contributed by atoms with Crippen molar-refractivity contribution in [2.45, 2.75) is 97.7 Å². The summed E-state index contributed by atoms with van der Waals surface area (Å²) in [6.45, 7) is 21.3. The van der Waals surface area contributed by atoms with E-state index in [0.29, 0.717) is 43.4 Å². The summed E-state index contributed by atoms with van der Waals surface area (Å²) in [7, 11) is -3.86. The van der Waals surface area contributed by atoms with E-state index in [1.165, 1.54) is 20.8 Å². The maximum absolute atomic E-state index is 14.0. The quantitative estimate of drug-likeness (QED) is 0.171. The van der Waals surface area contributed by atoms with Crippen molar-refractivity contribution in [2.24, 2.45) is 0 Å². The number of hydrogen-bond donors (Lipinski definition) is 0. The molecular formula is C43H52N6O4S. The van der Waals surface area contributed by atoms with Gasteiger partial charge in [-0.2, -0.15) is 0 Å². The zero-order valence-electron chi connectivity index (χ0n) is 33.0. The van der Waals surface area contributed by atoms with Crippen molar-refractivity contribution < 1.29 is 17.9 Å². The third kappa shape index (κ3) is 7.06. The minimum Gasteiger partial charge on any atom is -0.444 e. The number of aryl methyl sites for hydroxylation is 3. The molecule has 4 heterocycles. The first-order valence-electron chi connectivity index (χ1n) is 18.9. The van der Waals surface area contributed by atoms with Crippen molar-refractivity contribution in [3.8, 4) is 11.4 Å². The Morgan fingerprint density at radius 1 is 0.926 bits per heavy atom. The molecule has 0 saturated carbocycles. The Bertz CT molecular complexity index is 2340. The molecule has 2 aromatic heterocycles. The normalized spacial score (nSPS) is 16.6. The van der Waals surface area contributed by atoms with E-state index < -0.39 is 15.6 Å². The minimum atomic E-state index is -3.86. The van der Waals surface area contributed by atoms with Crippen molar-refractivity contribution in [1.29, 1.82) is 0 Å². The first-order valence-corrected chi connectivity index (χ1v) is 20.4. The van der Waals surface area contributed by atoms with E-state index in [4.69, 9.17) is 14.7 Å². The second kappa shape index (κ2) is 14.1. The molecule has 3 aromatic carbocycles. The highest BCUT2D eigenvalue weighted by Crippen LogP contribution is 2.38. The number of nitrogens with zero attached hydrogens (tertiary/aromatic N) is 6. The van der Waals surface area contributed by atoms with Crippen molar-refractivity contribution in [3.05, 3.63) is 100 Å². The number of anilines is 2. The number of carbonyl (C=O) groups excluding carboxylic acids is 1. The number of carbonyl (C=O) groups is 1. The third-order valence-electron chi connectivity index (χ3n) is 10.6. The molecule has 0 N–H and O–H groups in total. The molecule has 2 aliphatic rings. The largest absolute Gasteiger partial charge is 0.444 e. The summed E-state index contributed by atoms with van der Waals surface area (Å²) in [5, 5.41) is 0.806. The fourth-order valence-electron chi connectivity index (χ4n) is 7.71. The van der Waals surface area contributed by atoms with Crippen LogP contribution in [0, 0.1) is 20.8 Å². The lowest BCUT2D eigenvalue weighted by Crippen LogP contribution is -2.55. The van der Waals surface area contributed by atoms with Gasteiger partial charge in [0.1, 0.15) is 11.4 Å². The fraction of sp³-hybridized carbons (Fsp3) is 0.419. The van der Waals surface area contributed by atoms with E-state index >= 15 is 0 Å². The third-order valence-corrected chi connectivity index (χ3v) is 12.3. The van der Waals surface area contributed by atoms with Crippen LogP contribution in [0.1, 0.15) is 81.0 Å². The number of rotatable bonds is 6. The second-order valence-corrected chi connectivity index (χ2v) is 18.1. The predicted molar refractivity (Wildman–Crippen MR) is 216 cm³/mol. The average Bonchev–Trinajstić information content (AvgIpc) is 3.47. The van der Waals surface area contributed by atoms with Crippen LogP contribution >= 0.6 is 0 Å². The van der Waals surface area contributed by atoms with Gasteiger partial charge in [-0.1, -0.05) is 55.8 Å². The average molecular weight is 749 g/mol. The number of ether oxygens (including phenoxy) is 1. The van der Waals surface area contributed by atoms with Gasteiger partial charge in [0, 0.05) is 73.6 Å². The summed E-state index contributed by atoms with van der Waals surface area (Å²) >= 11 is 0. The number of aromatic nitrogens is 3. The van der Waals surface area contributed by atoms with E-state index in [9.17, 15) is 13.2 Å². The number of hydrogen-bond acceptors (Lipinski definition) is 8. The predicted octanol–water partition coefficient (Wildman–Crippen LogP) is 8.39. The van der Waals surface area contributed by atoms with Crippen LogP contribution in [0.25, 0.3) is 22.3 Å². The summed E-state index contributed by atoms with van der Waals surface area (Å²) in [6.07, 6.45) is 2.12. The van der Waals surface area contributed by atoms with Crippen molar-refractivity contribution >= 4 is 38.5 Å². The lowest BCUT2D eigenvalue weighted by atomic mass is 9.97. The van der Waals surface area contributed by atoms with E-state index in [0.717, 1.165) is 52.1 Å². The van der Waals surface area contributed by atoms with Gasteiger partial charge in [0.15, 0.2) is 5.82 Å². The number of fused-ring (bicyclic) bond motifs is 2. The van der Waals surface area contributed by atoms with Gasteiger partial charge in [-0.15, -0.1) is 0 Å². The van der Waals surface area contributed by atoms with Crippen molar-refractivity contribution in [1.82, 2.24) is 18.8 Å². The van der Waals surface area contributed by atoms with Gasteiger partial charge in [-0.05, 0) is 95.3 Å². The Hall–Kier alpha value is -4.90. The Balaban J connectivity index is 1.33. The van der Waals surface area contributed by atoms with Gasteiger partial charge >= 0.3 is 6.09 Å². The standard InChI is InChI=1S/C43H52N6O4S/c1-27(2)32-16-15-29(4)38(23-32)46-20-19-36-35(26-46)41(48-22-21-47(25-31(48)6)42(50)53-43(7,8)9)45-40(44-36)34-11-10-12-37-39(34)30(5)24-49(37)54(51,52)33-17-13-28(3)14-18-33/h10-18,23-24,27,31H,19-22,25-26H2,1-9H3. The first kappa shape index (κ1) is 37.4. The van der Waals surface area contributed by atoms with Crippen LogP contribution in [-0.2, 0) is 27.7 Å². The van der Waals surface area contributed by atoms with Crippen LogP contribution in [0.5, 0.6) is 0 Å². The van der Waals surface area contributed by atoms with Crippen LogP contribution in [0.15, 0.2) is 71.8 Å². The monoisotopic (exact) mass is 748 g/mol. The smallest absolute Gasteiger partial charge is 0.410 e. The van der Waals surface area contributed by atoms with Gasteiger partial charge in [-0.25, -0.2) is 27.2 Å². The van der Waals surface area contributed by atoms with Gasteiger partial charge in [0.25, 0.3) is 10.0 Å². The summed E-state index contributed by atoms with van der Waals surface area (Å²) in [6, 6.07) is 19.4. The Kier molecular flexibility index (Phi) is 9.75. The molecule has 1 atom stereocenters. The molecule has 1 saturated heterocycles. The molecule has 0 bridgehead atoms. The zero-order valence-corrected chi connectivity index (χ0v) is 33.8. The number of amides is 1. The highest BCUT2D eigenvalue weighted by molar-refractivity contribution is 7.90. The maximum atomic E-state index is 14.0. The molecule has 10 nitrogen and oxygen atoms in total. The van der Waals surface area contributed by atoms with Gasteiger partial charge in [-0.3, -0.25) is 0 Å². The highest BCUT2D eigenvalue weighted by atomic mass is 32.2. The Morgan fingerprint density at radius 3 is 2.35 bits per heavy atom. The van der Waals surface area contributed by atoms with E-state index in [1.807, 2.05) is 65.0 Å². The molecule has 0 aliphatic carbocycles. The molecular weight excluding hydrogens is 697 g/mol. The molecule has 1 fully saturated rings. The molecule has 54 heavy (non-hydrogen) atoms. The topological polar surface area (TPSA) is 101 Å². The molecule has 11 heteroatoms. The molecule has 1 unspecified atom stereocenters. The molecule has 7 rings (SSSR count). The van der Waals surface area contributed by atoms with Crippen LogP contribution < -0.4 is 9.80 Å². The first-order chi connectivity index (χ1) is 25.5. The van der Waals surface area contributed by atoms with E-state index in [-0.39, 0.29) is 17.0 Å². The Morgan fingerprint density at radius 2 is 1.67 bits per heavy atom. The highest BCUT2D eigenvalue weighted by Gasteiger charge is 2.34. The van der Waals surface area contributed by atoms with Gasteiger partial charge in [0.2, 0.25) is 0 Å². The molecule has 5 aromatic rings. The Labute approximate surface area is 319 Å². The number of benzene rings is 3. The van der Waals surface area contributed by atoms with Crippen LogP contribution in [0.3, 0.4) is 0 Å². The van der Waals surface area contributed by atoms with Gasteiger partial charge < -0.3 is 19.4 Å². The van der Waals surface area contributed by atoms with Crippen LogP contribution in [-0.4, -0.2) is 71.2 Å². The minimum absolute atomic E-state index is 0.0437. The van der Waals surface area contributed by atoms with Gasteiger partial charge in [0.05, 0.1) is 16.1 Å². The summed E-state index contributed by atoms with van der Waals surface area (Å²) in [5.41, 5.74) is 8.44. The summed E-state index contributed by atoms with van der Waals surface area (Å²) < 4.78 is 35.1. The summed E-state index contributed by atoms with van der Waals surface area (Å²) in [4.78, 5) is 30.6. The van der Waals surface area contributed by atoms with E-state index in [1.54, 1.807) is 23.2 Å². The molecule has 2 aliphatic heterocycles. The lowest BCUT2D eigenvalue weighted by molar-refractivity contribution is 0.0218. The lowest BCUT2D eigenvalue weighted by Gasteiger charge is -2.42. The molecule has 0 radical (unpaired) electrons. The molecule has 284 valence electrons. The molecule has 0 spiro atoms. The number of piperazine rings is 1. The van der Waals surface area contributed by atoms with Crippen LogP contribution in [0.4, 0.5) is 16.3 Å². The maximum Gasteiger partial charge on any atom is 0.410 e. The second-order valence-electron chi connectivity index (χ2n) is 16.3. The van der Waals surface area contributed by atoms with Crippen LogP contribution in [0.2, 0.25) is 0 Å². The zero-order chi connectivity index (χ0) is 38.7. The summed E-state index contributed by atoms with van der Waals surface area (Å²) in [5.74, 6) is 1.84. The molecule has 1 amide bonds. The van der Waals surface area contributed by atoms with E-state index in [2.05, 4.69) is 55.7 Å².